The summed E-state index contributed by atoms with van der Waals surface area (Å²) in [7, 11) is 2.99. The summed E-state index contributed by atoms with van der Waals surface area (Å²) in [6, 6.07) is 92.2. The van der Waals surface area contributed by atoms with Gasteiger partial charge in [-0.05, 0) is 276 Å². The molecule has 17 rings (SSSR count). The first-order chi connectivity index (χ1) is 61.7. The predicted octanol–water partition coefficient (Wildman–Crippen LogP) is 31.9. The highest BCUT2D eigenvalue weighted by molar-refractivity contribution is 6.62. The van der Waals surface area contributed by atoms with Crippen LogP contribution in [0.15, 0.2) is 267 Å². The number of para-hydroxylation sites is 2. The van der Waals surface area contributed by atoms with Crippen LogP contribution in [0, 0.1) is 0 Å². The van der Waals surface area contributed by atoms with Crippen molar-refractivity contribution < 1.29 is 18.8 Å². The molecule has 1 aliphatic heterocycles. The number of fused-ring (bicyclic) bond motifs is 6. The summed E-state index contributed by atoms with van der Waals surface area (Å²) in [5, 5.41) is 5.61. The monoisotopic (exact) mass is 1770 g/mol. The Morgan fingerprint density at radius 2 is 0.591 bits per heavy atom. The molecule has 7 heterocycles. The van der Waals surface area contributed by atoms with Gasteiger partial charge in [-0.1, -0.05) is 305 Å². The van der Waals surface area contributed by atoms with Crippen LogP contribution in [0.4, 0.5) is 0 Å². The molecule has 0 amide bonds. The minimum atomic E-state index is -0.445. The molecule has 12 heteroatoms. The van der Waals surface area contributed by atoms with Crippen molar-refractivity contribution in [1.29, 1.82) is 0 Å². The van der Waals surface area contributed by atoms with Crippen molar-refractivity contribution >= 4 is 67.8 Å². The fourth-order valence-corrected chi connectivity index (χ4v) is 17.5. The van der Waals surface area contributed by atoms with E-state index in [1.54, 1.807) is 20.4 Å². The number of nitrogens with zero attached hydrogens (tertiary/aromatic N) is 6. The van der Waals surface area contributed by atoms with E-state index in [9.17, 15) is 0 Å². The van der Waals surface area contributed by atoms with Crippen LogP contribution in [-0.2, 0) is 52.6 Å². The number of rotatable bonds is 12. The molecule has 1 aliphatic rings. The van der Waals surface area contributed by atoms with E-state index in [2.05, 4.69) is 414 Å². The Labute approximate surface area is 791 Å². The molecule has 10 nitrogen and oxygen atoms in total. The SMILES string of the molecule is CC(C)(C)c1ccc2c(c1)c1cc(C(C)(C)C)ccc1n2-c1ccnc(Cl)c1.COc1ccccc1-c1cc(-c2cc(C(C)(C)C)cc(C(C)(C)C)c2)cc(-c2cccc(-c3cc(-n4c5ccc(C(C)(C)C)cc5c5cc(C(C)(C)C)ccc54)ccn3)c2)n1.COc1ccccc1-c1cc(-c2cc(C(C)(C)C)cc(C(C)(C)C)c2)cc(-c2cccc(B3OC(C)(C)C(C)(C)O3)c2)n1. The van der Waals surface area contributed by atoms with E-state index in [1.165, 1.54) is 99.2 Å². The van der Waals surface area contributed by atoms with Gasteiger partial charge in [-0.3, -0.25) is 4.98 Å². The van der Waals surface area contributed by atoms with Crippen molar-refractivity contribution in [2.24, 2.45) is 0 Å². The molecule has 0 bridgehead atoms. The fourth-order valence-electron chi connectivity index (χ4n) is 17.4. The topological polar surface area (TPSA) is 98.3 Å². The van der Waals surface area contributed by atoms with Crippen molar-refractivity contribution in [2.75, 3.05) is 14.2 Å². The van der Waals surface area contributed by atoms with Gasteiger partial charge in [0.05, 0.1) is 81.6 Å². The molecule has 16 aromatic rings. The van der Waals surface area contributed by atoms with Crippen LogP contribution in [0.25, 0.3) is 134 Å². The van der Waals surface area contributed by atoms with E-state index in [0.717, 1.165) is 95.8 Å². The number of pyridine rings is 4. The summed E-state index contributed by atoms with van der Waals surface area (Å²) in [5.74, 6) is 1.59. The second-order valence-electron chi connectivity index (χ2n) is 45.4. The molecule has 132 heavy (non-hydrogen) atoms. The van der Waals surface area contributed by atoms with Gasteiger partial charge in [0.15, 0.2) is 0 Å². The van der Waals surface area contributed by atoms with Crippen molar-refractivity contribution in [2.45, 2.75) is 248 Å². The summed E-state index contributed by atoms with van der Waals surface area (Å²) in [5.41, 5.74) is 31.8. The maximum absolute atomic E-state index is 6.39. The molecule has 0 radical (unpaired) electrons. The minimum Gasteiger partial charge on any atom is -0.496 e. The van der Waals surface area contributed by atoms with Gasteiger partial charge in [0.1, 0.15) is 16.7 Å². The quantitative estimate of drug-likeness (QED) is 0.0881. The molecule has 0 spiro atoms. The second kappa shape index (κ2) is 35.3. The Hall–Kier alpha value is -11.7. The third-order valence-electron chi connectivity index (χ3n) is 26.5. The Morgan fingerprint density at radius 1 is 0.280 bits per heavy atom. The van der Waals surface area contributed by atoms with Gasteiger partial charge in [0.2, 0.25) is 0 Å². The molecular formula is C120H134BClN6O4. The molecular weight excluding hydrogens is 1640 g/mol. The number of aromatic nitrogens is 6. The maximum Gasteiger partial charge on any atom is 0.494 e. The summed E-state index contributed by atoms with van der Waals surface area (Å²) in [4.78, 5) is 19.7. The lowest BCUT2D eigenvalue weighted by Gasteiger charge is -2.32. The molecule has 0 N–H and O–H groups in total. The van der Waals surface area contributed by atoms with Gasteiger partial charge in [-0.15, -0.1) is 0 Å². The molecule has 0 saturated carbocycles. The van der Waals surface area contributed by atoms with Crippen LogP contribution in [0.5, 0.6) is 11.5 Å². The van der Waals surface area contributed by atoms with Gasteiger partial charge in [0, 0.05) is 61.9 Å². The third-order valence-corrected chi connectivity index (χ3v) is 26.7. The fraction of sp³-hybridized carbons (Fsp3) is 0.333. The van der Waals surface area contributed by atoms with Crippen LogP contribution < -0.4 is 14.9 Å². The summed E-state index contributed by atoms with van der Waals surface area (Å²) >= 11 is 6.21. The van der Waals surface area contributed by atoms with Crippen LogP contribution in [-0.4, -0.2) is 61.6 Å². The standard InChI is InChI=1S/C57H61N3O.C38H46BNO3.C25H27ClN2/c1-54(2,3)40-21-23-51-46(33-40)47-34-41(55(4,5)6)22-24-52(47)60(51)44-25-26-58-48(35-44)36-17-16-18-37(27-36)49-30-39(31-50(59-49)45-19-14-15-20-53(45)61-13)38-28-42(56(7,8)9)32-43(29-38)57(10,11)12;1-35(2,3)28-19-26(20-29(24-28)36(4,5)6)27-22-32(40-33(23-27)31-17-12-13-18-34(31)41-11)25-15-14-16-30(21-25)39-42-37(7,8)38(9,10)43-39;1-24(2,3)16-7-9-21-19(13-16)20-14-17(25(4,5)6)8-10-22(20)28(21)18-11-12-27-23(26)15-18/h14-35H,1-13H3;12-24H,1-11H3;7-15H,1-6H3. The Kier molecular flexibility index (Phi) is 25.4. The first kappa shape index (κ1) is 94.9. The van der Waals surface area contributed by atoms with Gasteiger partial charge < -0.3 is 27.9 Å². The van der Waals surface area contributed by atoms with Gasteiger partial charge in [-0.2, -0.15) is 0 Å². The van der Waals surface area contributed by atoms with Crippen molar-refractivity contribution in [1.82, 2.24) is 29.1 Å². The molecule has 1 saturated heterocycles. The lowest BCUT2D eigenvalue weighted by Crippen LogP contribution is -2.41. The molecule has 0 atom stereocenters. The normalized spacial score (nSPS) is 13.9. The highest BCUT2D eigenvalue weighted by atomic mass is 35.5. The number of methoxy groups -OCH3 is 2. The van der Waals surface area contributed by atoms with E-state index < -0.39 is 18.3 Å². The Morgan fingerprint density at radius 3 is 0.939 bits per heavy atom. The zero-order valence-electron chi connectivity index (χ0n) is 83.7. The highest BCUT2D eigenvalue weighted by Gasteiger charge is 2.52. The lowest BCUT2D eigenvalue weighted by molar-refractivity contribution is 0.00578. The van der Waals surface area contributed by atoms with E-state index in [1.807, 2.05) is 54.7 Å². The summed E-state index contributed by atoms with van der Waals surface area (Å²) in [6.45, 7) is 63.0. The van der Waals surface area contributed by atoms with Crippen LogP contribution >= 0.6 is 11.6 Å². The van der Waals surface area contributed by atoms with Gasteiger partial charge in [-0.25, -0.2) is 15.0 Å². The highest BCUT2D eigenvalue weighted by Crippen LogP contribution is 2.46. The predicted molar refractivity (Wildman–Crippen MR) is 561 cm³/mol. The average molecular weight is 1770 g/mol. The van der Waals surface area contributed by atoms with E-state index in [0.29, 0.717) is 5.15 Å². The number of hydrogen-bond acceptors (Lipinski definition) is 8. The first-order valence-corrected chi connectivity index (χ1v) is 47.1. The molecule has 678 valence electrons. The van der Waals surface area contributed by atoms with Crippen molar-refractivity contribution in [3.63, 3.8) is 0 Å². The molecule has 0 aliphatic carbocycles. The smallest absolute Gasteiger partial charge is 0.494 e. The van der Waals surface area contributed by atoms with Crippen molar-refractivity contribution in [3.05, 3.63) is 317 Å². The Bertz CT molecular complexity index is 6820. The number of halogens is 1. The van der Waals surface area contributed by atoms with Crippen LogP contribution in [0.2, 0.25) is 5.15 Å². The number of hydrogen-bond donors (Lipinski definition) is 0. The van der Waals surface area contributed by atoms with E-state index in [-0.39, 0.29) is 43.3 Å². The number of ether oxygens (including phenoxy) is 2. The van der Waals surface area contributed by atoms with Crippen LogP contribution in [0.1, 0.15) is 238 Å². The summed E-state index contributed by atoms with van der Waals surface area (Å²) in [6.07, 6.45) is 3.71. The van der Waals surface area contributed by atoms with Gasteiger partial charge >= 0.3 is 7.12 Å². The molecule has 0 unspecified atom stereocenters. The first-order valence-electron chi connectivity index (χ1n) is 46.7. The second-order valence-corrected chi connectivity index (χ2v) is 45.8. The van der Waals surface area contributed by atoms with Gasteiger partial charge in [0.25, 0.3) is 0 Å². The van der Waals surface area contributed by atoms with Crippen LogP contribution in [0.3, 0.4) is 0 Å². The molecule has 10 aromatic carbocycles. The largest absolute Gasteiger partial charge is 0.496 e. The molecule has 6 aromatic heterocycles. The lowest BCUT2D eigenvalue weighted by atomic mass is 9.78. The minimum absolute atomic E-state index is 0.00845. The third kappa shape index (κ3) is 20.0. The Balaban J connectivity index is 0.000000163. The van der Waals surface area contributed by atoms with E-state index in [4.69, 9.17) is 45.3 Å². The average Bonchev–Trinajstić information content (AvgIpc) is 1.58. The zero-order valence-corrected chi connectivity index (χ0v) is 84.4. The molecule has 1 fully saturated rings. The zero-order chi connectivity index (χ0) is 95.3. The number of benzene rings is 10. The summed E-state index contributed by atoms with van der Waals surface area (Å²) < 4.78 is 29.1. The van der Waals surface area contributed by atoms with Crippen molar-refractivity contribution in [3.8, 4) is 101 Å². The van der Waals surface area contributed by atoms with E-state index >= 15 is 0 Å². The maximum atomic E-state index is 6.39.